The zero-order valence-corrected chi connectivity index (χ0v) is 21.3. The van der Waals surface area contributed by atoms with E-state index in [0.717, 1.165) is 27.3 Å². The molecule has 0 spiro atoms. The number of pyridine rings is 1. The summed E-state index contributed by atoms with van der Waals surface area (Å²) in [6, 6.07) is 25.2. The number of rotatable bonds is 9. The standard InChI is InChI=1S/C26H21ClN2O2S3/c27-20-10-8-18(9-11-20)16-34(31)17-21(30)15-33-26-23(14-28)22(19-5-2-1-3-6-19)13-24(29-26)25-7-4-12-32-25/h1-13,21,30H,15-17H2/t21-,34-/m1/s1. The van der Waals surface area contributed by atoms with Gasteiger partial charge in [-0.3, -0.25) is 4.21 Å². The Morgan fingerprint density at radius 2 is 1.88 bits per heavy atom. The molecule has 0 saturated carbocycles. The average Bonchev–Trinajstić information content (AvgIpc) is 3.39. The number of aliphatic hydroxyl groups is 1. The normalized spacial score (nSPS) is 12.7. The number of hydrogen-bond donors (Lipinski definition) is 1. The maximum atomic E-state index is 12.5. The highest BCUT2D eigenvalue weighted by molar-refractivity contribution is 7.99. The third-order valence-corrected chi connectivity index (χ3v) is 8.66. The molecule has 0 unspecified atom stereocenters. The molecule has 34 heavy (non-hydrogen) atoms. The van der Waals surface area contributed by atoms with Crippen LogP contribution in [0, 0.1) is 11.3 Å². The Hall–Kier alpha value is -2.47. The second kappa shape index (κ2) is 11.8. The molecule has 4 rings (SSSR count). The lowest BCUT2D eigenvalue weighted by molar-refractivity contribution is 0.224. The third-order valence-electron chi connectivity index (χ3n) is 4.99. The molecule has 2 heterocycles. The first-order valence-electron chi connectivity index (χ1n) is 10.5. The number of thiophene rings is 1. The molecule has 0 saturated heterocycles. The van der Waals surface area contributed by atoms with Crippen LogP contribution in [0.3, 0.4) is 0 Å². The van der Waals surface area contributed by atoms with Gasteiger partial charge in [0, 0.05) is 32.9 Å². The fourth-order valence-electron chi connectivity index (χ4n) is 3.39. The summed E-state index contributed by atoms with van der Waals surface area (Å²) in [6.45, 7) is 0. The summed E-state index contributed by atoms with van der Waals surface area (Å²) in [4.78, 5) is 5.76. The summed E-state index contributed by atoms with van der Waals surface area (Å²) >= 11 is 8.81. The van der Waals surface area contributed by atoms with Crippen LogP contribution in [0.4, 0.5) is 0 Å². The Morgan fingerprint density at radius 1 is 1.12 bits per heavy atom. The number of aromatic nitrogens is 1. The molecule has 1 N–H and O–H groups in total. The van der Waals surface area contributed by atoms with Crippen LogP contribution >= 0.6 is 34.7 Å². The molecule has 0 fully saturated rings. The van der Waals surface area contributed by atoms with Crippen LogP contribution in [0.15, 0.2) is 83.2 Å². The fraction of sp³-hybridized carbons (Fsp3) is 0.154. The molecule has 0 bridgehead atoms. The van der Waals surface area contributed by atoms with E-state index in [1.807, 2.05) is 66.0 Å². The van der Waals surface area contributed by atoms with Gasteiger partial charge in [-0.05, 0) is 40.8 Å². The van der Waals surface area contributed by atoms with Gasteiger partial charge in [0.1, 0.15) is 11.1 Å². The van der Waals surface area contributed by atoms with Gasteiger partial charge in [-0.15, -0.1) is 23.1 Å². The fourth-order valence-corrected chi connectivity index (χ4v) is 6.51. The Balaban J connectivity index is 1.52. The highest BCUT2D eigenvalue weighted by atomic mass is 35.5. The smallest absolute Gasteiger partial charge is 0.115 e. The number of aliphatic hydroxyl groups excluding tert-OH is 1. The number of benzene rings is 2. The summed E-state index contributed by atoms with van der Waals surface area (Å²) in [7, 11) is -1.23. The van der Waals surface area contributed by atoms with E-state index in [9.17, 15) is 14.6 Å². The molecule has 0 aliphatic carbocycles. The minimum Gasteiger partial charge on any atom is -0.391 e. The van der Waals surface area contributed by atoms with Crippen LogP contribution in [-0.4, -0.2) is 31.9 Å². The Bertz CT molecular complexity index is 1300. The third kappa shape index (κ3) is 6.35. The van der Waals surface area contributed by atoms with E-state index in [2.05, 4.69) is 6.07 Å². The van der Waals surface area contributed by atoms with Crippen molar-refractivity contribution in [1.82, 2.24) is 4.98 Å². The molecular weight excluding hydrogens is 504 g/mol. The molecule has 8 heteroatoms. The predicted octanol–water partition coefficient (Wildman–Crippen LogP) is 6.40. The van der Waals surface area contributed by atoms with Crippen molar-refractivity contribution < 1.29 is 9.32 Å². The number of hydrogen-bond acceptors (Lipinski definition) is 6. The minimum atomic E-state index is -1.23. The van der Waals surface area contributed by atoms with Crippen molar-refractivity contribution in [1.29, 1.82) is 5.26 Å². The first kappa shape index (κ1) is 24.6. The van der Waals surface area contributed by atoms with Gasteiger partial charge in [0.2, 0.25) is 0 Å². The van der Waals surface area contributed by atoms with Crippen molar-refractivity contribution in [2.45, 2.75) is 16.9 Å². The van der Waals surface area contributed by atoms with Gasteiger partial charge in [-0.25, -0.2) is 4.98 Å². The molecule has 172 valence electrons. The molecule has 0 amide bonds. The molecule has 2 aromatic heterocycles. The molecule has 0 radical (unpaired) electrons. The lowest BCUT2D eigenvalue weighted by atomic mass is 10.0. The van der Waals surface area contributed by atoms with Crippen LogP contribution in [0.25, 0.3) is 21.7 Å². The Labute approximate surface area is 214 Å². The molecule has 2 atom stereocenters. The van der Waals surface area contributed by atoms with Gasteiger partial charge >= 0.3 is 0 Å². The van der Waals surface area contributed by atoms with Crippen molar-refractivity contribution in [3.8, 4) is 27.8 Å². The van der Waals surface area contributed by atoms with E-state index in [1.54, 1.807) is 23.5 Å². The topological polar surface area (TPSA) is 74.0 Å². The zero-order valence-electron chi connectivity index (χ0n) is 18.1. The lowest BCUT2D eigenvalue weighted by Gasteiger charge is -2.14. The number of halogens is 1. The van der Waals surface area contributed by atoms with E-state index in [1.165, 1.54) is 11.8 Å². The SMILES string of the molecule is N#Cc1c(-c2ccccc2)cc(-c2cccs2)nc1SC[C@@H](O)C[S@](=O)Cc1ccc(Cl)cc1. The summed E-state index contributed by atoms with van der Waals surface area (Å²) in [5, 5.41) is 23.7. The van der Waals surface area contributed by atoms with Gasteiger partial charge in [0.25, 0.3) is 0 Å². The maximum Gasteiger partial charge on any atom is 0.115 e. The predicted molar refractivity (Wildman–Crippen MR) is 143 cm³/mol. The van der Waals surface area contributed by atoms with Crippen molar-refractivity contribution in [3.05, 3.63) is 94.3 Å². The molecule has 2 aromatic carbocycles. The van der Waals surface area contributed by atoms with E-state index < -0.39 is 16.9 Å². The minimum absolute atomic E-state index is 0.146. The van der Waals surface area contributed by atoms with E-state index >= 15 is 0 Å². The van der Waals surface area contributed by atoms with Crippen LogP contribution in [0.5, 0.6) is 0 Å². The zero-order chi connectivity index (χ0) is 23.9. The average molecular weight is 525 g/mol. The van der Waals surface area contributed by atoms with Crippen molar-refractivity contribution in [2.24, 2.45) is 0 Å². The number of thioether (sulfide) groups is 1. The van der Waals surface area contributed by atoms with E-state index in [4.69, 9.17) is 16.6 Å². The van der Waals surface area contributed by atoms with E-state index in [-0.39, 0.29) is 11.5 Å². The van der Waals surface area contributed by atoms with Crippen molar-refractivity contribution >= 4 is 45.5 Å². The molecule has 0 aliphatic rings. The van der Waals surface area contributed by atoms with Crippen LogP contribution in [-0.2, 0) is 16.6 Å². The van der Waals surface area contributed by atoms with Gasteiger partial charge < -0.3 is 5.11 Å². The molecule has 4 nitrogen and oxygen atoms in total. The van der Waals surface area contributed by atoms with Crippen molar-refractivity contribution in [2.75, 3.05) is 11.5 Å². The quantitative estimate of drug-likeness (QED) is 0.256. The molecular formula is C26H21ClN2O2S3. The second-order valence-corrected chi connectivity index (χ2v) is 11.4. The van der Waals surface area contributed by atoms with Crippen molar-refractivity contribution in [3.63, 3.8) is 0 Å². The van der Waals surface area contributed by atoms with Crippen LogP contribution in [0.2, 0.25) is 5.02 Å². The van der Waals surface area contributed by atoms with E-state index in [0.29, 0.717) is 21.4 Å². The summed E-state index contributed by atoms with van der Waals surface area (Å²) < 4.78 is 12.5. The van der Waals surface area contributed by atoms with Crippen LogP contribution < -0.4 is 0 Å². The highest BCUT2D eigenvalue weighted by Gasteiger charge is 2.18. The molecule has 0 aliphatic heterocycles. The van der Waals surface area contributed by atoms with Gasteiger partial charge in [-0.2, -0.15) is 5.26 Å². The summed E-state index contributed by atoms with van der Waals surface area (Å²) in [5.74, 6) is 0.788. The van der Waals surface area contributed by atoms with Gasteiger partial charge in [0.05, 0.1) is 28.0 Å². The first-order valence-corrected chi connectivity index (χ1v) is 14.2. The highest BCUT2D eigenvalue weighted by Crippen LogP contribution is 2.35. The molecule has 4 aromatic rings. The van der Waals surface area contributed by atoms with Gasteiger partial charge in [0.15, 0.2) is 0 Å². The first-order chi connectivity index (χ1) is 16.5. The lowest BCUT2D eigenvalue weighted by Crippen LogP contribution is -2.20. The Morgan fingerprint density at radius 3 is 2.56 bits per heavy atom. The van der Waals surface area contributed by atoms with Crippen LogP contribution in [0.1, 0.15) is 11.1 Å². The van der Waals surface area contributed by atoms with Gasteiger partial charge in [-0.1, -0.05) is 60.1 Å². The number of nitriles is 1. The maximum absolute atomic E-state index is 12.5. The Kier molecular flexibility index (Phi) is 8.54. The number of nitrogens with zero attached hydrogens (tertiary/aromatic N) is 2. The second-order valence-electron chi connectivity index (χ2n) is 7.53. The largest absolute Gasteiger partial charge is 0.391 e. The summed E-state index contributed by atoms with van der Waals surface area (Å²) in [5.41, 5.74) is 3.92. The summed E-state index contributed by atoms with van der Waals surface area (Å²) in [6.07, 6.45) is -0.794. The monoisotopic (exact) mass is 524 g/mol.